The summed E-state index contributed by atoms with van der Waals surface area (Å²) in [4.78, 5) is 6.43. The summed E-state index contributed by atoms with van der Waals surface area (Å²) >= 11 is 4.93. The van der Waals surface area contributed by atoms with Crippen molar-refractivity contribution in [2.75, 3.05) is 23.3 Å². The molecule has 1 saturated carbocycles. The summed E-state index contributed by atoms with van der Waals surface area (Å²) in [5.74, 6) is 1.07. The van der Waals surface area contributed by atoms with Gasteiger partial charge in [0.15, 0.2) is 15.6 Å². The van der Waals surface area contributed by atoms with Crippen molar-refractivity contribution in [2.24, 2.45) is 11.8 Å². The Morgan fingerprint density at radius 3 is 2.68 bits per heavy atom. The van der Waals surface area contributed by atoms with Gasteiger partial charge in [0.1, 0.15) is 0 Å². The molecule has 2 unspecified atom stereocenters. The van der Waals surface area contributed by atoms with E-state index in [1.54, 1.807) is 23.6 Å². The van der Waals surface area contributed by atoms with Gasteiger partial charge in [-0.2, -0.15) is 0 Å². The number of hydrogen-bond acceptors (Lipinski definition) is 6. The molecule has 2 bridgehead atoms. The highest BCUT2D eigenvalue weighted by atomic mass is 79.9. The van der Waals surface area contributed by atoms with Gasteiger partial charge in [0.25, 0.3) is 0 Å². The molecule has 1 aliphatic heterocycles. The first-order chi connectivity index (χ1) is 10.7. The number of aromatic nitrogens is 3. The van der Waals surface area contributed by atoms with E-state index in [1.807, 2.05) is 0 Å². The zero-order valence-electron chi connectivity index (χ0n) is 11.7. The highest BCUT2D eigenvalue weighted by molar-refractivity contribution is 9.11. The predicted molar refractivity (Wildman–Crippen MR) is 87.6 cm³/mol. The van der Waals surface area contributed by atoms with E-state index < -0.39 is 0 Å². The minimum atomic E-state index is -0.280. The van der Waals surface area contributed by atoms with Gasteiger partial charge in [0.2, 0.25) is 5.13 Å². The molecule has 2 aromatic rings. The maximum Gasteiger partial charge on any atom is 0.209 e. The van der Waals surface area contributed by atoms with Gasteiger partial charge in [-0.3, -0.25) is 0 Å². The fourth-order valence-electron chi connectivity index (χ4n) is 3.59. The zero-order valence-corrected chi connectivity index (χ0v) is 14.1. The number of halogens is 2. The van der Waals surface area contributed by atoms with E-state index in [2.05, 4.69) is 41.3 Å². The molecule has 2 aromatic heterocycles. The molecular weight excluding hydrogens is 369 g/mol. The van der Waals surface area contributed by atoms with E-state index in [0.29, 0.717) is 17.7 Å². The lowest BCUT2D eigenvalue weighted by Gasteiger charge is -2.38. The van der Waals surface area contributed by atoms with Crippen molar-refractivity contribution in [2.45, 2.75) is 18.9 Å². The lowest BCUT2D eigenvalue weighted by molar-refractivity contribution is 0.375. The molecule has 3 heterocycles. The topological polar surface area (TPSA) is 53.9 Å². The first kappa shape index (κ1) is 14.3. The molecule has 0 amide bonds. The average molecular weight is 384 g/mol. The van der Waals surface area contributed by atoms with Crippen LogP contribution in [0, 0.1) is 17.7 Å². The van der Waals surface area contributed by atoms with Crippen molar-refractivity contribution >= 4 is 38.2 Å². The van der Waals surface area contributed by atoms with Crippen molar-refractivity contribution in [1.29, 1.82) is 0 Å². The van der Waals surface area contributed by atoms with E-state index in [1.165, 1.54) is 6.07 Å². The van der Waals surface area contributed by atoms with E-state index >= 15 is 0 Å². The Balaban J connectivity index is 1.50. The summed E-state index contributed by atoms with van der Waals surface area (Å²) in [5.41, 5.74) is 0. The van der Waals surface area contributed by atoms with Gasteiger partial charge < -0.3 is 10.2 Å². The summed E-state index contributed by atoms with van der Waals surface area (Å²) in [6.07, 6.45) is 3.95. The molecule has 2 aliphatic rings. The minimum absolute atomic E-state index is 0.280. The maximum absolute atomic E-state index is 13.8. The molecule has 0 radical (unpaired) electrons. The molecule has 4 rings (SSSR count). The Labute approximate surface area is 140 Å². The number of rotatable bonds is 3. The van der Waals surface area contributed by atoms with Crippen LogP contribution in [0.4, 0.5) is 15.3 Å². The summed E-state index contributed by atoms with van der Waals surface area (Å²) in [5, 5.41) is 12.5. The third-order valence-electron chi connectivity index (χ3n) is 4.56. The summed E-state index contributed by atoms with van der Waals surface area (Å²) in [6, 6.07) is 3.35. The van der Waals surface area contributed by atoms with E-state index in [-0.39, 0.29) is 11.9 Å². The number of hydrogen-bond donors (Lipinski definition) is 1. The monoisotopic (exact) mass is 383 g/mol. The molecule has 0 aromatic carbocycles. The third-order valence-corrected chi connectivity index (χ3v) is 5.97. The number of pyridine rings is 1. The normalized spacial score (nSPS) is 27.2. The van der Waals surface area contributed by atoms with Crippen LogP contribution < -0.4 is 10.2 Å². The number of piperidine rings is 1. The Kier molecular flexibility index (Phi) is 3.73. The number of fused-ring (bicyclic) bond motifs is 2. The van der Waals surface area contributed by atoms with Crippen molar-refractivity contribution in [3.05, 3.63) is 28.1 Å². The second kappa shape index (κ2) is 5.73. The third kappa shape index (κ3) is 2.58. The maximum atomic E-state index is 13.8. The van der Waals surface area contributed by atoms with Gasteiger partial charge in [-0.1, -0.05) is 11.3 Å². The fraction of sp³-hybridized carbons (Fsp3) is 0.500. The molecular formula is C14H15BrFN5S. The van der Waals surface area contributed by atoms with Crippen LogP contribution in [-0.4, -0.2) is 34.3 Å². The number of nitrogens with zero attached hydrogens (tertiary/aromatic N) is 4. The Morgan fingerprint density at radius 1 is 1.27 bits per heavy atom. The first-order valence-electron chi connectivity index (χ1n) is 7.31. The second-order valence-electron chi connectivity index (χ2n) is 5.84. The van der Waals surface area contributed by atoms with Crippen molar-refractivity contribution in [3.8, 4) is 0 Å². The molecule has 1 N–H and O–H groups in total. The van der Waals surface area contributed by atoms with E-state index in [4.69, 9.17) is 0 Å². The number of anilines is 2. The molecule has 8 heteroatoms. The lowest BCUT2D eigenvalue weighted by Crippen LogP contribution is -2.48. The van der Waals surface area contributed by atoms with Gasteiger partial charge in [-0.15, -0.1) is 10.2 Å². The quantitative estimate of drug-likeness (QED) is 0.881. The van der Waals surface area contributed by atoms with Gasteiger partial charge >= 0.3 is 0 Å². The molecule has 1 aliphatic carbocycles. The molecule has 1 saturated heterocycles. The summed E-state index contributed by atoms with van der Waals surface area (Å²) in [6.45, 7) is 1.87. The van der Waals surface area contributed by atoms with Gasteiger partial charge in [-0.25, -0.2) is 9.37 Å². The van der Waals surface area contributed by atoms with Gasteiger partial charge in [0, 0.05) is 25.3 Å². The minimum Gasteiger partial charge on any atom is -0.364 e. The molecule has 22 heavy (non-hydrogen) atoms. The first-order valence-corrected chi connectivity index (χ1v) is 8.92. The summed E-state index contributed by atoms with van der Waals surface area (Å²) < 4.78 is 14.6. The largest absolute Gasteiger partial charge is 0.364 e. The van der Waals surface area contributed by atoms with Crippen LogP contribution in [0.1, 0.15) is 12.8 Å². The molecule has 0 spiro atoms. The SMILES string of the molecule is Fc1cccnc1NC1C2CC[C@H]1CN(c1nnc(Br)s1)C2. The van der Waals surface area contributed by atoms with Crippen LogP contribution in [0.2, 0.25) is 0 Å². The molecule has 3 atom stereocenters. The highest BCUT2D eigenvalue weighted by Crippen LogP contribution is 2.41. The van der Waals surface area contributed by atoms with E-state index in [0.717, 1.165) is 35.0 Å². The van der Waals surface area contributed by atoms with Crippen LogP contribution in [-0.2, 0) is 0 Å². The van der Waals surface area contributed by atoms with Crippen molar-refractivity contribution < 1.29 is 4.39 Å². The smallest absolute Gasteiger partial charge is 0.209 e. The van der Waals surface area contributed by atoms with Crippen molar-refractivity contribution in [3.63, 3.8) is 0 Å². The summed E-state index contributed by atoms with van der Waals surface area (Å²) in [7, 11) is 0. The van der Waals surface area contributed by atoms with Crippen LogP contribution in [0.15, 0.2) is 22.2 Å². The van der Waals surface area contributed by atoms with Gasteiger partial charge in [-0.05, 0) is 52.7 Å². The Hall–Kier alpha value is -1.28. The molecule has 2 fully saturated rings. The zero-order chi connectivity index (χ0) is 15.1. The Morgan fingerprint density at radius 2 is 2.05 bits per heavy atom. The molecule has 5 nitrogen and oxygen atoms in total. The predicted octanol–water partition coefficient (Wildman–Crippen LogP) is 3.16. The lowest BCUT2D eigenvalue weighted by atomic mass is 9.92. The Bertz CT molecular complexity index is 667. The second-order valence-corrected chi connectivity index (χ2v) is 8.08. The van der Waals surface area contributed by atoms with Gasteiger partial charge in [0.05, 0.1) is 0 Å². The highest BCUT2D eigenvalue weighted by Gasteiger charge is 2.43. The fourth-order valence-corrected chi connectivity index (χ4v) is 4.70. The van der Waals surface area contributed by atoms with Crippen molar-refractivity contribution in [1.82, 2.24) is 15.2 Å². The average Bonchev–Trinajstić information content (AvgIpc) is 3.02. The van der Waals surface area contributed by atoms with E-state index in [9.17, 15) is 4.39 Å². The van der Waals surface area contributed by atoms with Crippen LogP contribution >= 0.6 is 27.3 Å². The van der Waals surface area contributed by atoms with Crippen LogP contribution in [0.5, 0.6) is 0 Å². The number of nitrogens with one attached hydrogen (secondary N) is 1. The standard InChI is InChI=1S/C14H15BrFN5S/c15-13-19-20-14(22-13)21-6-8-3-4-9(7-21)11(8)18-12-10(16)2-1-5-17-12/h1-2,5,8-9,11H,3-4,6-7H2,(H,17,18)/t8-,9?,11?/m0/s1. The van der Waals surface area contributed by atoms with Crippen LogP contribution in [0.3, 0.4) is 0 Å². The van der Waals surface area contributed by atoms with Crippen LogP contribution in [0.25, 0.3) is 0 Å². The molecule has 116 valence electrons.